The van der Waals surface area contributed by atoms with Crippen LogP contribution in [-0.4, -0.2) is 37.7 Å². The molecule has 0 aromatic heterocycles. The number of carbonyl (C=O) groups is 2. The standard InChI is InChI=1S/C16H20N2O2/c1-11(19)18(4)14-7-8-15-12(9-14)5-6-13(16(15)20)10-17(2)3/h7-10H,5-6H2,1-4H3/b13-10+. The average molecular weight is 272 g/mol. The van der Waals surface area contributed by atoms with E-state index in [0.29, 0.717) is 0 Å². The number of carbonyl (C=O) groups excluding carboxylic acids is 2. The smallest absolute Gasteiger partial charge is 0.223 e. The molecule has 0 saturated carbocycles. The molecule has 1 amide bonds. The van der Waals surface area contributed by atoms with Gasteiger partial charge in [-0.25, -0.2) is 0 Å². The molecule has 20 heavy (non-hydrogen) atoms. The number of aryl methyl sites for hydroxylation is 1. The van der Waals surface area contributed by atoms with Crippen LogP contribution in [-0.2, 0) is 11.2 Å². The molecule has 0 fully saturated rings. The molecule has 2 rings (SSSR count). The lowest BCUT2D eigenvalue weighted by atomic mass is 9.87. The van der Waals surface area contributed by atoms with Crippen LogP contribution in [0, 0.1) is 0 Å². The zero-order valence-corrected chi connectivity index (χ0v) is 12.4. The third kappa shape index (κ3) is 2.74. The maximum Gasteiger partial charge on any atom is 0.223 e. The summed E-state index contributed by atoms with van der Waals surface area (Å²) in [6.07, 6.45) is 3.47. The van der Waals surface area contributed by atoms with Crippen molar-refractivity contribution in [3.05, 3.63) is 41.1 Å². The van der Waals surface area contributed by atoms with E-state index in [1.165, 1.54) is 6.92 Å². The molecule has 0 aliphatic heterocycles. The lowest BCUT2D eigenvalue weighted by Gasteiger charge is -2.22. The minimum absolute atomic E-state index is 0.0136. The Labute approximate surface area is 119 Å². The van der Waals surface area contributed by atoms with E-state index in [2.05, 4.69) is 0 Å². The monoisotopic (exact) mass is 272 g/mol. The molecule has 0 radical (unpaired) electrons. The number of rotatable bonds is 2. The molecule has 1 aliphatic rings. The van der Waals surface area contributed by atoms with E-state index in [9.17, 15) is 9.59 Å². The number of hydrogen-bond donors (Lipinski definition) is 0. The first-order valence-corrected chi connectivity index (χ1v) is 6.69. The summed E-state index contributed by atoms with van der Waals surface area (Å²) in [7, 11) is 5.58. The van der Waals surface area contributed by atoms with Crippen LogP contribution in [0.2, 0.25) is 0 Å². The first-order chi connectivity index (χ1) is 9.40. The molecule has 1 aromatic carbocycles. The quantitative estimate of drug-likeness (QED) is 0.775. The predicted molar refractivity (Wildman–Crippen MR) is 79.9 cm³/mol. The van der Waals surface area contributed by atoms with Crippen molar-refractivity contribution in [1.29, 1.82) is 0 Å². The summed E-state index contributed by atoms with van der Waals surface area (Å²) in [6, 6.07) is 5.60. The molecule has 4 heteroatoms. The fraction of sp³-hybridized carbons (Fsp3) is 0.375. The number of benzene rings is 1. The van der Waals surface area contributed by atoms with E-state index < -0.39 is 0 Å². The number of fused-ring (bicyclic) bond motifs is 1. The van der Waals surface area contributed by atoms with Crippen molar-refractivity contribution in [1.82, 2.24) is 4.90 Å². The van der Waals surface area contributed by atoms with Crippen molar-refractivity contribution in [3.8, 4) is 0 Å². The van der Waals surface area contributed by atoms with Crippen molar-refractivity contribution >= 4 is 17.4 Å². The van der Waals surface area contributed by atoms with Gasteiger partial charge in [0, 0.05) is 51.1 Å². The van der Waals surface area contributed by atoms with Crippen LogP contribution in [0.15, 0.2) is 30.0 Å². The summed E-state index contributed by atoms with van der Waals surface area (Å²) in [5, 5.41) is 0. The molecular weight excluding hydrogens is 252 g/mol. The Morgan fingerprint density at radius 1 is 1.20 bits per heavy atom. The Hall–Kier alpha value is -2.10. The Balaban J connectivity index is 2.36. The summed E-state index contributed by atoms with van der Waals surface area (Å²) in [5.41, 5.74) is 3.46. The van der Waals surface area contributed by atoms with E-state index in [1.54, 1.807) is 11.9 Å². The van der Waals surface area contributed by atoms with Gasteiger partial charge in [0.15, 0.2) is 5.78 Å². The largest absolute Gasteiger partial charge is 0.383 e. The Morgan fingerprint density at radius 3 is 2.50 bits per heavy atom. The van der Waals surface area contributed by atoms with Gasteiger partial charge in [-0.15, -0.1) is 0 Å². The van der Waals surface area contributed by atoms with Crippen molar-refractivity contribution in [2.75, 3.05) is 26.0 Å². The molecule has 0 spiro atoms. The van der Waals surface area contributed by atoms with E-state index in [0.717, 1.165) is 35.2 Å². The van der Waals surface area contributed by atoms with Crippen LogP contribution in [0.1, 0.15) is 29.3 Å². The van der Waals surface area contributed by atoms with Crippen LogP contribution < -0.4 is 4.90 Å². The van der Waals surface area contributed by atoms with Crippen molar-refractivity contribution in [3.63, 3.8) is 0 Å². The van der Waals surface area contributed by atoms with Gasteiger partial charge in [0.2, 0.25) is 5.91 Å². The topological polar surface area (TPSA) is 40.6 Å². The minimum Gasteiger partial charge on any atom is -0.383 e. The van der Waals surface area contributed by atoms with E-state index in [-0.39, 0.29) is 11.7 Å². The molecule has 0 atom stereocenters. The van der Waals surface area contributed by atoms with Crippen molar-refractivity contribution < 1.29 is 9.59 Å². The minimum atomic E-state index is -0.0136. The highest BCUT2D eigenvalue weighted by Crippen LogP contribution is 2.28. The maximum atomic E-state index is 12.4. The van der Waals surface area contributed by atoms with Gasteiger partial charge in [-0.05, 0) is 36.6 Å². The molecule has 0 saturated heterocycles. The number of ketones is 1. The highest BCUT2D eigenvalue weighted by molar-refractivity contribution is 6.11. The van der Waals surface area contributed by atoms with Gasteiger partial charge in [0.05, 0.1) is 0 Å². The molecule has 0 N–H and O–H groups in total. The number of allylic oxidation sites excluding steroid dienone is 1. The second-order valence-corrected chi connectivity index (χ2v) is 5.37. The van der Waals surface area contributed by atoms with Gasteiger partial charge in [-0.3, -0.25) is 9.59 Å². The SMILES string of the molecule is CC(=O)N(C)c1ccc2c(c1)CC/C(=C\N(C)C)C2=O. The fourth-order valence-corrected chi connectivity index (χ4v) is 2.39. The first kappa shape index (κ1) is 14.3. The van der Waals surface area contributed by atoms with Crippen molar-refractivity contribution in [2.24, 2.45) is 0 Å². The van der Waals surface area contributed by atoms with Gasteiger partial charge in [0.25, 0.3) is 0 Å². The van der Waals surface area contributed by atoms with Crippen LogP contribution in [0.3, 0.4) is 0 Å². The van der Waals surface area contributed by atoms with Crippen LogP contribution >= 0.6 is 0 Å². The molecule has 106 valence electrons. The second-order valence-electron chi connectivity index (χ2n) is 5.37. The second kappa shape index (κ2) is 5.49. The van der Waals surface area contributed by atoms with Gasteiger partial charge < -0.3 is 9.80 Å². The zero-order valence-electron chi connectivity index (χ0n) is 12.4. The number of hydrogen-bond acceptors (Lipinski definition) is 3. The maximum absolute atomic E-state index is 12.4. The average Bonchev–Trinajstić information content (AvgIpc) is 2.40. The predicted octanol–water partition coefficient (Wildman–Crippen LogP) is 2.24. The molecule has 0 heterocycles. The lowest BCUT2D eigenvalue weighted by Crippen LogP contribution is -2.24. The molecule has 1 aromatic rings. The third-order valence-electron chi connectivity index (χ3n) is 3.56. The van der Waals surface area contributed by atoms with Gasteiger partial charge >= 0.3 is 0 Å². The number of anilines is 1. The van der Waals surface area contributed by atoms with Crippen LogP contribution in [0.4, 0.5) is 5.69 Å². The number of amides is 1. The molecular formula is C16H20N2O2. The van der Waals surface area contributed by atoms with E-state index >= 15 is 0 Å². The van der Waals surface area contributed by atoms with Crippen LogP contribution in [0.25, 0.3) is 0 Å². The zero-order chi connectivity index (χ0) is 14.9. The van der Waals surface area contributed by atoms with Crippen molar-refractivity contribution in [2.45, 2.75) is 19.8 Å². The highest BCUT2D eigenvalue weighted by Gasteiger charge is 2.23. The summed E-state index contributed by atoms with van der Waals surface area (Å²) in [4.78, 5) is 27.3. The lowest BCUT2D eigenvalue weighted by molar-refractivity contribution is -0.116. The normalized spacial score (nSPS) is 16.0. The third-order valence-corrected chi connectivity index (χ3v) is 3.56. The summed E-state index contributed by atoms with van der Waals surface area (Å²) in [5.74, 6) is 0.0808. The van der Waals surface area contributed by atoms with Gasteiger partial charge in [-0.2, -0.15) is 0 Å². The molecule has 0 bridgehead atoms. The van der Waals surface area contributed by atoms with Gasteiger partial charge in [0.1, 0.15) is 0 Å². The Morgan fingerprint density at radius 2 is 1.90 bits per heavy atom. The number of nitrogens with zero attached hydrogens (tertiary/aromatic N) is 2. The van der Waals surface area contributed by atoms with E-state index in [4.69, 9.17) is 0 Å². The Bertz CT molecular complexity index is 588. The molecule has 1 aliphatic carbocycles. The summed E-state index contributed by atoms with van der Waals surface area (Å²) < 4.78 is 0. The molecule has 0 unspecified atom stereocenters. The van der Waals surface area contributed by atoms with E-state index in [1.807, 2.05) is 43.4 Å². The summed E-state index contributed by atoms with van der Waals surface area (Å²) in [6.45, 7) is 1.53. The first-order valence-electron chi connectivity index (χ1n) is 6.69. The summed E-state index contributed by atoms with van der Waals surface area (Å²) >= 11 is 0. The van der Waals surface area contributed by atoms with Gasteiger partial charge in [-0.1, -0.05) is 0 Å². The van der Waals surface area contributed by atoms with Crippen LogP contribution in [0.5, 0.6) is 0 Å². The molecule has 4 nitrogen and oxygen atoms in total. The highest BCUT2D eigenvalue weighted by atomic mass is 16.2. The fourth-order valence-electron chi connectivity index (χ4n) is 2.39. The number of Topliss-reactive ketones (excluding diaryl/α,β-unsaturated/α-hetero) is 1. The Kier molecular flexibility index (Phi) is 3.93.